The monoisotopic (exact) mass is 294 g/mol. The lowest BCUT2D eigenvalue weighted by molar-refractivity contribution is 0.171. The largest absolute Gasteiger partial charge is 0.326 e. The molecule has 0 amide bonds. The van der Waals surface area contributed by atoms with Crippen molar-refractivity contribution in [2.75, 3.05) is 13.1 Å². The van der Waals surface area contributed by atoms with Gasteiger partial charge in [-0.05, 0) is 68.1 Å². The van der Waals surface area contributed by atoms with Crippen molar-refractivity contribution in [1.82, 2.24) is 4.90 Å². The predicted molar refractivity (Wildman–Crippen MR) is 89.3 cm³/mol. The molecule has 2 heterocycles. The molecule has 20 heavy (non-hydrogen) atoms. The number of hydrogen-bond donors (Lipinski definition) is 1. The highest BCUT2D eigenvalue weighted by atomic mass is 32.1. The van der Waals surface area contributed by atoms with E-state index in [0.717, 1.165) is 6.42 Å². The second kappa shape index (κ2) is 6.59. The summed E-state index contributed by atoms with van der Waals surface area (Å²) in [5.41, 5.74) is 8.39. The van der Waals surface area contributed by atoms with Crippen LogP contribution in [0.1, 0.15) is 62.9 Å². The number of rotatable bonds is 4. The molecular formula is C17H30N2S. The van der Waals surface area contributed by atoms with Crippen LogP contribution >= 0.6 is 11.3 Å². The normalized spacial score (nSPS) is 23.2. The summed E-state index contributed by atoms with van der Waals surface area (Å²) < 4.78 is 0. The van der Waals surface area contributed by atoms with E-state index in [1.54, 1.807) is 0 Å². The van der Waals surface area contributed by atoms with E-state index in [2.05, 4.69) is 44.0 Å². The number of nitrogens with two attached hydrogens (primary N) is 1. The van der Waals surface area contributed by atoms with Gasteiger partial charge in [-0.15, -0.1) is 11.3 Å². The molecule has 2 nitrogen and oxygen atoms in total. The van der Waals surface area contributed by atoms with Crippen LogP contribution in [0.25, 0.3) is 0 Å². The lowest BCUT2D eigenvalue weighted by Crippen LogP contribution is -2.41. The maximum absolute atomic E-state index is 6.49. The summed E-state index contributed by atoms with van der Waals surface area (Å²) in [6, 6.07) is 2.89. The number of hydrogen-bond acceptors (Lipinski definition) is 3. The van der Waals surface area contributed by atoms with Gasteiger partial charge in [0.1, 0.15) is 0 Å². The molecule has 0 spiro atoms. The van der Waals surface area contributed by atoms with Crippen LogP contribution in [-0.2, 0) is 0 Å². The number of aryl methyl sites for hydroxylation is 1. The summed E-state index contributed by atoms with van der Waals surface area (Å²) in [5.74, 6) is 0. The summed E-state index contributed by atoms with van der Waals surface area (Å²) >= 11 is 1.88. The predicted octanol–water partition coefficient (Wildman–Crippen LogP) is 4.35. The fourth-order valence-corrected chi connectivity index (χ4v) is 4.40. The lowest BCUT2D eigenvalue weighted by Gasteiger charge is -2.35. The van der Waals surface area contributed by atoms with Gasteiger partial charge in [0.15, 0.2) is 0 Å². The van der Waals surface area contributed by atoms with Crippen molar-refractivity contribution in [3.05, 3.63) is 21.9 Å². The Balaban J connectivity index is 2.21. The average Bonchev–Trinajstić information content (AvgIpc) is 2.72. The smallest absolute Gasteiger partial charge is 0.0596 e. The van der Waals surface area contributed by atoms with Crippen LogP contribution in [-0.4, -0.2) is 24.0 Å². The molecule has 1 aromatic rings. The highest BCUT2D eigenvalue weighted by Gasteiger charge is 2.31. The van der Waals surface area contributed by atoms with Gasteiger partial charge in [-0.2, -0.15) is 0 Å². The van der Waals surface area contributed by atoms with E-state index in [1.165, 1.54) is 42.8 Å². The number of thiophene rings is 1. The summed E-state index contributed by atoms with van der Waals surface area (Å²) in [5, 5.41) is 2.21. The van der Waals surface area contributed by atoms with Crippen molar-refractivity contribution in [2.24, 2.45) is 11.1 Å². The molecule has 1 aromatic heterocycles. The van der Waals surface area contributed by atoms with Crippen molar-refractivity contribution in [3.8, 4) is 0 Å². The van der Waals surface area contributed by atoms with Crippen LogP contribution in [0.5, 0.6) is 0 Å². The molecule has 0 radical (unpaired) electrons. The quantitative estimate of drug-likeness (QED) is 0.894. The van der Waals surface area contributed by atoms with Gasteiger partial charge in [0.25, 0.3) is 0 Å². The van der Waals surface area contributed by atoms with E-state index in [1.807, 2.05) is 11.3 Å². The van der Waals surface area contributed by atoms with E-state index in [-0.39, 0.29) is 6.04 Å². The third-order valence-corrected chi connectivity index (χ3v) is 5.90. The fraction of sp³-hybridized carbons (Fsp3) is 0.765. The summed E-state index contributed by atoms with van der Waals surface area (Å²) in [7, 11) is 0. The second-order valence-corrected chi connectivity index (χ2v) is 7.99. The van der Waals surface area contributed by atoms with Crippen LogP contribution in [0.15, 0.2) is 11.4 Å². The number of likely N-dealkylation sites (tertiary alicyclic amines) is 1. The molecule has 0 bridgehead atoms. The Labute approximate surface area is 128 Å². The van der Waals surface area contributed by atoms with Crippen molar-refractivity contribution in [1.29, 1.82) is 0 Å². The minimum atomic E-state index is 0.244. The first-order chi connectivity index (χ1) is 9.44. The molecule has 2 N–H and O–H groups in total. The van der Waals surface area contributed by atoms with Crippen LogP contribution < -0.4 is 5.73 Å². The minimum Gasteiger partial charge on any atom is -0.326 e. The molecule has 1 aliphatic rings. The SMILES string of the molecule is CCC(N)C(c1sccc1C)N1CCCC(C)(C)CC1. The molecule has 0 aliphatic carbocycles. The Morgan fingerprint density at radius 2 is 2.10 bits per heavy atom. The van der Waals surface area contributed by atoms with Gasteiger partial charge in [0, 0.05) is 10.9 Å². The van der Waals surface area contributed by atoms with Gasteiger partial charge in [0.2, 0.25) is 0 Å². The maximum atomic E-state index is 6.49. The van der Waals surface area contributed by atoms with Crippen LogP contribution in [0.4, 0.5) is 0 Å². The van der Waals surface area contributed by atoms with Gasteiger partial charge in [-0.3, -0.25) is 4.90 Å². The highest BCUT2D eigenvalue weighted by molar-refractivity contribution is 7.10. The molecule has 1 aliphatic heterocycles. The maximum Gasteiger partial charge on any atom is 0.0596 e. The van der Waals surface area contributed by atoms with Crippen molar-refractivity contribution in [3.63, 3.8) is 0 Å². The van der Waals surface area contributed by atoms with E-state index in [0.29, 0.717) is 11.5 Å². The first kappa shape index (κ1) is 16.0. The zero-order chi connectivity index (χ0) is 14.8. The van der Waals surface area contributed by atoms with E-state index in [4.69, 9.17) is 5.73 Å². The Kier molecular flexibility index (Phi) is 5.27. The molecule has 2 unspecified atom stereocenters. The van der Waals surface area contributed by atoms with Gasteiger partial charge >= 0.3 is 0 Å². The first-order valence-electron chi connectivity index (χ1n) is 7.98. The van der Waals surface area contributed by atoms with Gasteiger partial charge in [-0.1, -0.05) is 20.8 Å². The molecule has 2 rings (SSSR count). The third kappa shape index (κ3) is 3.63. The van der Waals surface area contributed by atoms with E-state index >= 15 is 0 Å². The summed E-state index contributed by atoms with van der Waals surface area (Å²) in [6.07, 6.45) is 4.96. The number of nitrogens with zero attached hydrogens (tertiary/aromatic N) is 1. The Morgan fingerprint density at radius 1 is 1.35 bits per heavy atom. The molecule has 1 fully saturated rings. The van der Waals surface area contributed by atoms with Crippen molar-refractivity contribution >= 4 is 11.3 Å². The Morgan fingerprint density at radius 3 is 2.70 bits per heavy atom. The third-order valence-electron chi connectivity index (χ3n) is 4.82. The molecule has 0 aromatic carbocycles. The standard InChI is InChI=1S/C17H30N2S/c1-5-14(18)15(16-13(2)7-12-20-16)19-10-6-8-17(3,4)9-11-19/h7,12,14-15H,5-6,8-11,18H2,1-4H3. The lowest BCUT2D eigenvalue weighted by atomic mass is 9.85. The van der Waals surface area contributed by atoms with Crippen LogP contribution in [0.2, 0.25) is 0 Å². The molecule has 2 atom stereocenters. The first-order valence-corrected chi connectivity index (χ1v) is 8.86. The topological polar surface area (TPSA) is 29.3 Å². The fourth-order valence-electron chi connectivity index (χ4n) is 3.26. The van der Waals surface area contributed by atoms with Crippen LogP contribution in [0, 0.1) is 12.3 Å². The van der Waals surface area contributed by atoms with Gasteiger partial charge in [0.05, 0.1) is 6.04 Å². The highest BCUT2D eigenvalue weighted by Crippen LogP contribution is 2.36. The minimum absolute atomic E-state index is 0.244. The second-order valence-electron chi connectivity index (χ2n) is 7.04. The summed E-state index contributed by atoms with van der Waals surface area (Å²) in [4.78, 5) is 4.14. The van der Waals surface area contributed by atoms with Gasteiger partial charge in [-0.25, -0.2) is 0 Å². The summed E-state index contributed by atoms with van der Waals surface area (Å²) in [6.45, 7) is 11.6. The molecule has 3 heteroatoms. The zero-order valence-electron chi connectivity index (χ0n) is 13.5. The molecule has 0 saturated carbocycles. The van der Waals surface area contributed by atoms with E-state index < -0.39 is 0 Å². The molecule has 114 valence electrons. The molecular weight excluding hydrogens is 264 g/mol. The Hall–Kier alpha value is -0.380. The van der Waals surface area contributed by atoms with Gasteiger partial charge < -0.3 is 5.73 Å². The van der Waals surface area contributed by atoms with Crippen molar-refractivity contribution in [2.45, 2.75) is 65.5 Å². The van der Waals surface area contributed by atoms with Crippen LogP contribution in [0.3, 0.4) is 0 Å². The average molecular weight is 295 g/mol. The van der Waals surface area contributed by atoms with E-state index in [9.17, 15) is 0 Å². The van der Waals surface area contributed by atoms with Crippen molar-refractivity contribution < 1.29 is 0 Å². The molecule has 1 saturated heterocycles. The Bertz CT molecular complexity index is 424. The zero-order valence-corrected chi connectivity index (χ0v) is 14.3.